The Labute approximate surface area is 125 Å². The van der Waals surface area contributed by atoms with Crippen molar-refractivity contribution in [3.63, 3.8) is 0 Å². The SMILES string of the molecule is CC=CC(=O)OCCCCCCCCCC[Si](C)(C)F. The molecule has 0 aromatic rings. The first-order chi connectivity index (χ1) is 9.45. The molecule has 0 spiro atoms. The molecule has 0 atom stereocenters. The van der Waals surface area contributed by atoms with Crippen molar-refractivity contribution in [1.29, 1.82) is 0 Å². The second-order valence-electron chi connectivity index (χ2n) is 5.96. The van der Waals surface area contributed by atoms with E-state index >= 15 is 0 Å². The lowest BCUT2D eigenvalue weighted by Gasteiger charge is -2.09. The Kier molecular flexibility index (Phi) is 11.7. The molecule has 0 N–H and O–H groups in total. The molecule has 118 valence electrons. The topological polar surface area (TPSA) is 26.3 Å². The van der Waals surface area contributed by atoms with Gasteiger partial charge >= 0.3 is 5.97 Å². The minimum atomic E-state index is -2.31. The summed E-state index contributed by atoms with van der Waals surface area (Å²) in [4.78, 5) is 11.0. The van der Waals surface area contributed by atoms with Crippen LogP contribution in [0.15, 0.2) is 12.2 Å². The van der Waals surface area contributed by atoms with E-state index in [-0.39, 0.29) is 5.97 Å². The first kappa shape index (κ1) is 19.4. The second kappa shape index (κ2) is 12.1. The Morgan fingerprint density at radius 1 is 1.00 bits per heavy atom. The van der Waals surface area contributed by atoms with Gasteiger partial charge in [0.25, 0.3) is 0 Å². The van der Waals surface area contributed by atoms with Crippen LogP contribution in [-0.2, 0) is 9.53 Å². The minimum Gasteiger partial charge on any atom is -0.463 e. The van der Waals surface area contributed by atoms with Crippen LogP contribution in [0.2, 0.25) is 19.1 Å². The number of carbonyl (C=O) groups excluding carboxylic acids is 1. The first-order valence-electron chi connectivity index (χ1n) is 7.94. The summed E-state index contributed by atoms with van der Waals surface area (Å²) < 4.78 is 18.4. The lowest BCUT2D eigenvalue weighted by molar-refractivity contribution is -0.137. The molecule has 0 aliphatic heterocycles. The first-order valence-corrected chi connectivity index (χ1v) is 11.0. The molecule has 0 saturated carbocycles. The van der Waals surface area contributed by atoms with E-state index < -0.39 is 8.41 Å². The van der Waals surface area contributed by atoms with Crippen molar-refractivity contribution in [3.05, 3.63) is 12.2 Å². The summed E-state index contributed by atoms with van der Waals surface area (Å²) in [6, 6.07) is 0.810. The Hall–Kier alpha value is -0.643. The van der Waals surface area contributed by atoms with Crippen LogP contribution in [0, 0.1) is 0 Å². The predicted octanol–water partition coefficient (Wildman–Crippen LogP) is 5.40. The maximum absolute atomic E-state index is 13.3. The molecule has 0 radical (unpaired) electrons. The van der Waals surface area contributed by atoms with E-state index in [9.17, 15) is 8.90 Å². The molecule has 0 heterocycles. The number of ether oxygens (including phenoxy) is 1. The number of carbonyl (C=O) groups is 1. The number of esters is 1. The van der Waals surface area contributed by atoms with E-state index in [4.69, 9.17) is 4.74 Å². The molecule has 0 fully saturated rings. The lowest BCUT2D eigenvalue weighted by Crippen LogP contribution is -2.16. The Balaban J connectivity index is 3.16. The van der Waals surface area contributed by atoms with Gasteiger partial charge in [-0.05, 0) is 32.5 Å². The lowest BCUT2D eigenvalue weighted by atomic mass is 10.1. The minimum absolute atomic E-state index is 0.244. The highest BCUT2D eigenvalue weighted by atomic mass is 28.4. The molecule has 0 aliphatic carbocycles. The van der Waals surface area contributed by atoms with E-state index in [1.54, 1.807) is 26.1 Å². The van der Waals surface area contributed by atoms with Crippen LogP contribution in [0.4, 0.5) is 4.11 Å². The summed E-state index contributed by atoms with van der Waals surface area (Å²) in [5.41, 5.74) is 0. The third kappa shape index (κ3) is 15.4. The molecule has 0 aromatic heterocycles. The van der Waals surface area contributed by atoms with Crippen LogP contribution in [0.5, 0.6) is 0 Å². The molecule has 0 amide bonds. The van der Waals surface area contributed by atoms with Crippen LogP contribution in [0.25, 0.3) is 0 Å². The van der Waals surface area contributed by atoms with Gasteiger partial charge in [-0.25, -0.2) is 4.79 Å². The smallest absolute Gasteiger partial charge is 0.330 e. The molecular weight excluding hydrogens is 271 g/mol. The molecule has 0 bridgehead atoms. The van der Waals surface area contributed by atoms with E-state index in [0.717, 1.165) is 25.3 Å². The van der Waals surface area contributed by atoms with E-state index in [1.165, 1.54) is 38.2 Å². The number of hydrogen-bond acceptors (Lipinski definition) is 2. The van der Waals surface area contributed by atoms with Crippen LogP contribution >= 0.6 is 0 Å². The van der Waals surface area contributed by atoms with Crippen molar-refractivity contribution in [3.8, 4) is 0 Å². The van der Waals surface area contributed by atoms with Crippen molar-refractivity contribution < 1.29 is 13.6 Å². The van der Waals surface area contributed by atoms with Gasteiger partial charge in [0.15, 0.2) is 0 Å². The van der Waals surface area contributed by atoms with E-state index in [2.05, 4.69) is 0 Å². The molecule has 0 saturated heterocycles. The average Bonchev–Trinajstić information content (AvgIpc) is 2.35. The van der Waals surface area contributed by atoms with E-state index in [0.29, 0.717) is 6.61 Å². The highest BCUT2D eigenvalue weighted by Gasteiger charge is 2.18. The quantitative estimate of drug-likeness (QED) is 0.159. The van der Waals surface area contributed by atoms with Crippen molar-refractivity contribution in [2.75, 3.05) is 6.61 Å². The van der Waals surface area contributed by atoms with Crippen LogP contribution in [0.1, 0.15) is 58.3 Å². The van der Waals surface area contributed by atoms with Crippen LogP contribution < -0.4 is 0 Å². The summed E-state index contributed by atoms with van der Waals surface area (Å²) in [5.74, 6) is -0.244. The largest absolute Gasteiger partial charge is 0.463 e. The van der Waals surface area contributed by atoms with Gasteiger partial charge in [0.2, 0.25) is 8.41 Å². The van der Waals surface area contributed by atoms with Gasteiger partial charge < -0.3 is 8.84 Å². The third-order valence-electron chi connectivity index (χ3n) is 3.21. The van der Waals surface area contributed by atoms with Crippen molar-refractivity contribution in [2.24, 2.45) is 0 Å². The van der Waals surface area contributed by atoms with Gasteiger partial charge in [-0.3, -0.25) is 0 Å². The summed E-state index contributed by atoms with van der Waals surface area (Å²) in [6.45, 7) is 5.91. The Morgan fingerprint density at radius 3 is 2.00 bits per heavy atom. The van der Waals surface area contributed by atoms with Crippen LogP contribution in [-0.4, -0.2) is 21.0 Å². The average molecular weight is 303 g/mol. The summed E-state index contributed by atoms with van der Waals surface area (Å²) >= 11 is 0. The fourth-order valence-corrected chi connectivity index (χ4v) is 3.16. The van der Waals surface area contributed by atoms with Gasteiger partial charge in [-0.15, -0.1) is 0 Å². The van der Waals surface area contributed by atoms with Gasteiger partial charge in [0.05, 0.1) is 6.61 Å². The van der Waals surface area contributed by atoms with Crippen molar-refractivity contribution >= 4 is 14.4 Å². The zero-order valence-electron chi connectivity index (χ0n) is 13.4. The number of hydrogen-bond donors (Lipinski definition) is 0. The van der Waals surface area contributed by atoms with Gasteiger partial charge in [0.1, 0.15) is 0 Å². The number of allylic oxidation sites excluding steroid dienone is 1. The van der Waals surface area contributed by atoms with Gasteiger partial charge in [-0.1, -0.05) is 51.0 Å². The summed E-state index contributed by atoms with van der Waals surface area (Å²) in [6.07, 6.45) is 12.3. The second-order valence-corrected chi connectivity index (χ2v) is 9.90. The molecule has 2 nitrogen and oxygen atoms in total. The highest BCUT2D eigenvalue weighted by molar-refractivity contribution is 6.70. The number of rotatable bonds is 12. The molecule has 0 unspecified atom stereocenters. The fraction of sp³-hybridized carbons (Fsp3) is 0.812. The summed E-state index contributed by atoms with van der Waals surface area (Å²) in [5, 5.41) is 0. The van der Waals surface area contributed by atoms with Crippen molar-refractivity contribution in [1.82, 2.24) is 0 Å². The third-order valence-corrected chi connectivity index (χ3v) is 4.76. The normalized spacial score (nSPS) is 12.0. The zero-order chi connectivity index (χ0) is 15.3. The molecule has 20 heavy (non-hydrogen) atoms. The Bertz CT molecular complexity index is 272. The molecule has 0 rings (SSSR count). The maximum atomic E-state index is 13.3. The number of halogens is 1. The monoisotopic (exact) mass is 302 g/mol. The molecule has 4 heteroatoms. The van der Waals surface area contributed by atoms with E-state index in [1.807, 2.05) is 0 Å². The van der Waals surface area contributed by atoms with Crippen LogP contribution in [0.3, 0.4) is 0 Å². The predicted molar refractivity (Wildman–Crippen MR) is 86.1 cm³/mol. The standard InChI is InChI=1S/C16H31FO2Si/c1-4-13-16(18)19-14-11-9-7-5-6-8-10-12-15-20(2,3)17/h4,13H,5-12,14-15H2,1-3H3. The molecule has 0 aliphatic rings. The fourth-order valence-electron chi connectivity index (χ4n) is 2.07. The maximum Gasteiger partial charge on any atom is 0.330 e. The molecule has 0 aromatic carbocycles. The Morgan fingerprint density at radius 2 is 1.50 bits per heavy atom. The zero-order valence-corrected chi connectivity index (χ0v) is 14.4. The van der Waals surface area contributed by atoms with Gasteiger partial charge in [0, 0.05) is 6.08 Å². The highest BCUT2D eigenvalue weighted by Crippen LogP contribution is 2.17. The summed E-state index contributed by atoms with van der Waals surface area (Å²) in [7, 11) is -2.31. The van der Waals surface area contributed by atoms with Crippen molar-refractivity contribution in [2.45, 2.75) is 77.4 Å². The van der Waals surface area contributed by atoms with Gasteiger partial charge in [-0.2, -0.15) is 0 Å². The molecular formula is C16H31FO2Si. The number of unbranched alkanes of at least 4 members (excludes halogenated alkanes) is 7.